The first-order valence-corrected chi connectivity index (χ1v) is 4.96. The molecule has 1 amide bonds. The Kier molecular flexibility index (Phi) is 3.98. The van der Waals surface area contributed by atoms with Gasteiger partial charge in [0.15, 0.2) is 0 Å². The summed E-state index contributed by atoms with van der Waals surface area (Å²) in [4.78, 5) is 25.8. The monoisotopic (exact) mass is 226 g/mol. The molecule has 7 nitrogen and oxygen atoms in total. The van der Waals surface area contributed by atoms with Crippen LogP contribution in [-0.4, -0.2) is 38.2 Å². The fourth-order valence-electron chi connectivity index (χ4n) is 1.16. The van der Waals surface area contributed by atoms with Crippen molar-refractivity contribution in [1.82, 2.24) is 20.5 Å². The number of aliphatic carboxylic acids is 1. The number of hydrogen-bond donors (Lipinski definition) is 3. The van der Waals surface area contributed by atoms with Crippen LogP contribution in [0.4, 0.5) is 0 Å². The van der Waals surface area contributed by atoms with Crippen LogP contribution in [0, 0.1) is 0 Å². The third-order valence-corrected chi connectivity index (χ3v) is 1.93. The highest BCUT2D eigenvalue weighted by Crippen LogP contribution is 1.96. The third-order valence-electron chi connectivity index (χ3n) is 1.93. The predicted molar refractivity (Wildman–Crippen MR) is 54.9 cm³/mol. The summed E-state index contributed by atoms with van der Waals surface area (Å²) in [5.74, 6) is -0.771. The maximum absolute atomic E-state index is 11.5. The summed E-state index contributed by atoms with van der Waals surface area (Å²) < 4.78 is 0. The summed E-state index contributed by atoms with van der Waals surface area (Å²) in [5, 5.41) is 17.4. The molecule has 0 radical (unpaired) electrons. The molecule has 88 valence electrons. The minimum absolute atomic E-state index is 0.0362. The molecule has 0 aliphatic carbocycles. The van der Waals surface area contributed by atoms with Crippen molar-refractivity contribution in [3.8, 4) is 0 Å². The number of H-pyrrole nitrogens is 1. The first-order chi connectivity index (χ1) is 7.52. The summed E-state index contributed by atoms with van der Waals surface area (Å²) in [5.41, 5.74) is 0. The number of carboxylic acid groups (broad SMARTS) is 1. The molecule has 7 heteroatoms. The van der Waals surface area contributed by atoms with E-state index >= 15 is 0 Å². The number of carbonyl (C=O) groups excluding carboxylic acids is 1. The molecule has 0 aliphatic rings. The minimum atomic E-state index is -0.961. The second kappa shape index (κ2) is 5.24. The Morgan fingerprint density at radius 1 is 1.56 bits per heavy atom. The summed E-state index contributed by atoms with van der Waals surface area (Å²) in [6.07, 6.45) is 0.530. The van der Waals surface area contributed by atoms with E-state index in [1.807, 2.05) is 6.92 Å². The Hall–Kier alpha value is -1.92. The molecule has 1 heterocycles. The second-order valence-electron chi connectivity index (χ2n) is 3.43. The van der Waals surface area contributed by atoms with Crippen molar-refractivity contribution in [1.29, 1.82) is 0 Å². The zero-order chi connectivity index (χ0) is 12.1. The normalized spacial score (nSPS) is 12.1. The van der Waals surface area contributed by atoms with E-state index in [-0.39, 0.29) is 12.2 Å². The SMILES string of the molecule is CCc1nc(C(=O)NC(C)CC(=O)O)n[nH]1. The van der Waals surface area contributed by atoms with Crippen LogP contribution < -0.4 is 5.32 Å². The number of nitrogens with zero attached hydrogens (tertiary/aromatic N) is 2. The van der Waals surface area contributed by atoms with E-state index in [0.717, 1.165) is 0 Å². The largest absolute Gasteiger partial charge is 0.481 e. The predicted octanol–water partition coefficient (Wildman–Crippen LogP) is -0.0399. The number of rotatable bonds is 5. The molecule has 0 aromatic carbocycles. The van der Waals surface area contributed by atoms with Crippen LogP contribution in [0.25, 0.3) is 0 Å². The Bertz CT molecular complexity index is 388. The zero-order valence-electron chi connectivity index (χ0n) is 9.15. The van der Waals surface area contributed by atoms with Crippen LogP contribution >= 0.6 is 0 Å². The highest BCUT2D eigenvalue weighted by atomic mass is 16.4. The lowest BCUT2D eigenvalue weighted by molar-refractivity contribution is -0.137. The van der Waals surface area contributed by atoms with Gasteiger partial charge in [0.25, 0.3) is 5.91 Å². The van der Waals surface area contributed by atoms with Crippen molar-refractivity contribution < 1.29 is 14.7 Å². The molecule has 1 aromatic rings. The van der Waals surface area contributed by atoms with Crippen molar-refractivity contribution in [2.75, 3.05) is 0 Å². The summed E-state index contributed by atoms with van der Waals surface area (Å²) in [6.45, 7) is 3.49. The topological polar surface area (TPSA) is 108 Å². The van der Waals surface area contributed by atoms with Gasteiger partial charge in [-0.2, -0.15) is 0 Å². The molecule has 16 heavy (non-hydrogen) atoms. The van der Waals surface area contributed by atoms with Gasteiger partial charge in [-0.3, -0.25) is 14.7 Å². The van der Waals surface area contributed by atoms with Crippen LogP contribution in [0.3, 0.4) is 0 Å². The molecular weight excluding hydrogens is 212 g/mol. The van der Waals surface area contributed by atoms with Crippen molar-refractivity contribution in [2.45, 2.75) is 32.7 Å². The van der Waals surface area contributed by atoms with Crippen LogP contribution in [-0.2, 0) is 11.2 Å². The molecule has 0 saturated heterocycles. The van der Waals surface area contributed by atoms with Gasteiger partial charge in [-0.25, -0.2) is 4.98 Å². The average Bonchev–Trinajstić information content (AvgIpc) is 2.64. The summed E-state index contributed by atoms with van der Waals surface area (Å²) in [6, 6.07) is -0.450. The maximum atomic E-state index is 11.5. The van der Waals surface area contributed by atoms with E-state index in [2.05, 4.69) is 20.5 Å². The lowest BCUT2D eigenvalue weighted by Gasteiger charge is -2.08. The molecule has 1 aromatic heterocycles. The van der Waals surface area contributed by atoms with Gasteiger partial charge in [0, 0.05) is 12.5 Å². The molecule has 0 bridgehead atoms. The molecule has 0 fully saturated rings. The fourth-order valence-corrected chi connectivity index (χ4v) is 1.16. The van der Waals surface area contributed by atoms with Gasteiger partial charge in [0.05, 0.1) is 6.42 Å². The number of aromatic nitrogens is 3. The van der Waals surface area contributed by atoms with Gasteiger partial charge in [0.1, 0.15) is 5.82 Å². The van der Waals surface area contributed by atoms with Crippen LogP contribution in [0.15, 0.2) is 0 Å². The Morgan fingerprint density at radius 3 is 2.75 bits per heavy atom. The van der Waals surface area contributed by atoms with Gasteiger partial charge in [0.2, 0.25) is 5.82 Å². The summed E-state index contributed by atoms with van der Waals surface area (Å²) in [7, 11) is 0. The minimum Gasteiger partial charge on any atom is -0.481 e. The molecule has 1 atom stereocenters. The first kappa shape index (κ1) is 12.2. The quantitative estimate of drug-likeness (QED) is 0.652. The van der Waals surface area contributed by atoms with E-state index in [0.29, 0.717) is 12.2 Å². The molecule has 0 spiro atoms. The van der Waals surface area contributed by atoms with Crippen molar-refractivity contribution in [2.24, 2.45) is 0 Å². The van der Waals surface area contributed by atoms with E-state index in [1.54, 1.807) is 6.92 Å². The molecular formula is C9H14N4O3. The molecule has 0 saturated carbocycles. The zero-order valence-corrected chi connectivity index (χ0v) is 9.15. The number of amides is 1. The van der Waals surface area contributed by atoms with Gasteiger partial charge < -0.3 is 10.4 Å². The number of aromatic amines is 1. The van der Waals surface area contributed by atoms with E-state index in [1.165, 1.54) is 0 Å². The Labute approximate surface area is 92.3 Å². The van der Waals surface area contributed by atoms with Crippen LogP contribution in [0.5, 0.6) is 0 Å². The Balaban J connectivity index is 2.54. The molecule has 1 rings (SSSR count). The number of carbonyl (C=O) groups is 2. The van der Waals surface area contributed by atoms with E-state index < -0.39 is 17.9 Å². The molecule has 1 unspecified atom stereocenters. The van der Waals surface area contributed by atoms with Crippen molar-refractivity contribution in [3.05, 3.63) is 11.6 Å². The Morgan fingerprint density at radius 2 is 2.25 bits per heavy atom. The number of nitrogens with one attached hydrogen (secondary N) is 2. The average molecular weight is 226 g/mol. The molecule has 0 aliphatic heterocycles. The van der Waals surface area contributed by atoms with Crippen LogP contribution in [0.2, 0.25) is 0 Å². The van der Waals surface area contributed by atoms with Gasteiger partial charge in [-0.05, 0) is 6.92 Å². The fraction of sp³-hybridized carbons (Fsp3) is 0.556. The number of carboxylic acids is 1. The van der Waals surface area contributed by atoms with Gasteiger partial charge in [-0.15, -0.1) is 5.10 Å². The maximum Gasteiger partial charge on any atom is 0.305 e. The highest BCUT2D eigenvalue weighted by molar-refractivity contribution is 5.90. The number of aryl methyl sites for hydroxylation is 1. The lowest BCUT2D eigenvalue weighted by atomic mass is 10.2. The number of hydrogen-bond acceptors (Lipinski definition) is 4. The van der Waals surface area contributed by atoms with Crippen molar-refractivity contribution in [3.63, 3.8) is 0 Å². The van der Waals surface area contributed by atoms with E-state index in [9.17, 15) is 9.59 Å². The van der Waals surface area contributed by atoms with E-state index in [4.69, 9.17) is 5.11 Å². The van der Waals surface area contributed by atoms with Crippen molar-refractivity contribution >= 4 is 11.9 Å². The second-order valence-corrected chi connectivity index (χ2v) is 3.43. The third kappa shape index (κ3) is 3.34. The molecule has 3 N–H and O–H groups in total. The first-order valence-electron chi connectivity index (χ1n) is 4.96. The lowest BCUT2D eigenvalue weighted by Crippen LogP contribution is -2.34. The van der Waals surface area contributed by atoms with Gasteiger partial charge in [-0.1, -0.05) is 6.92 Å². The van der Waals surface area contributed by atoms with Gasteiger partial charge >= 0.3 is 5.97 Å². The smallest absolute Gasteiger partial charge is 0.305 e. The standard InChI is InChI=1S/C9H14N4O3/c1-3-6-11-8(13-12-6)9(16)10-5(2)4-7(14)15/h5H,3-4H2,1-2H3,(H,10,16)(H,14,15)(H,11,12,13). The highest BCUT2D eigenvalue weighted by Gasteiger charge is 2.15. The van der Waals surface area contributed by atoms with Crippen LogP contribution in [0.1, 0.15) is 36.7 Å². The summed E-state index contributed by atoms with van der Waals surface area (Å²) >= 11 is 0.